The second-order valence-corrected chi connectivity index (χ2v) is 8.58. The average molecular weight is 429 g/mol. The van der Waals surface area contributed by atoms with E-state index in [1.165, 1.54) is 4.88 Å². The normalized spacial score (nSPS) is 16.7. The molecular weight excluding hydrogens is 404 g/mol. The molecule has 4 heterocycles. The molecule has 0 bridgehead atoms. The van der Waals surface area contributed by atoms with Crippen LogP contribution in [0.3, 0.4) is 0 Å². The van der Waals surface area contributed by atoms with E-state index in [0.717, 1.165) is 27.9 Å². The van der Waals surface area contributed by atoms with E-state index >= 15 is 0 Å². The molecule has 1 fully saturated rings. The van der Waals surface area contributed by atoms with E-state index in [0.29, 0.717) is 31.1 Å². The fraction of sp³-hybridized carbons (Fsp3) is 0.450. The molecule has 4 rings (SSSR count). The molecule has 9 nitrogen and oxygen atoms in total. The third kappa shape index (κ3) is 4.49. The molecule has 0 radical (unpaired) electrons. The van der Waals surface area contributed by atoms with Crippen molar-refractivity contribution in [3.05, 3.63) is 45.5 Å². The van der Waals surface area contributed by atoms with Crippen LogP contribution in [0.15, 0.2) is 16.8 Å². The summed E-state index contributed by atoms with van der Waals surface area (Å²) in [6.07, 6.45) is -0.127. The second kappa shape index (κ2) is 8.49. The molecule has 1 amide bonds. The van der Waals surface area contributed by atoms with Crippen molar-refractivity contribution in [2.75, 3.05) is 25.0 Å². The maximum atomic E-state index is 12.7. The number of aromatic nitrogens is 4. The van der Waals surface area contributed by atoms with Gasteiger partial charge in [0.2, 0.25) is 5.91 Å². The lowest BCUT2D eigenvalue weighted by atomic mass is 10.1. The molecule has 0 spiro atoms. The van der Waals surface area contributed by atoms with Crippen molar-refractivity contribution in [2.45, 2.75) is 40.2 Å². The van der Waals surface area contributed by atoms with Crippen LogP contribution in [0, 0.1) is 27.7 Å². The number of rotatable bonds is 5. The first-order valence-electron chi connectivity index (χ1n) is 9.76. The van der Waals surface area contributed by atoms with Gasteiger partial charge in [-0.25, -0.2) is 9.61 Å². The summed E-state index contributed by atoms with van der Waals surface area (Å²) in [5.41, 5.74) is 4.79. The minimum Gasteiger partial charge on any atom is -0.368 e. The summed E-state index contributed by atoms with van der Waals surface area (Å²) in [5, 5.41) is 11.8. The Morgan fingerprint density at radius 2 is 2.03 bits per heavy atom. The van der Waals surface area contributed by atoms with Crippen molar-refractivity contribution in [2.24, 2.45) is 0 Å². The zero-order valence-corrected chi connectivity index (χ0v) is 18.2. The first kappa shape index (κ1) is 20.4. The minimum atomic E-state index is -0.292. The van der Waals surface area contributed by atoms with Crippen molar-refractivity contribution >= 4 is 28.1 Å². The predicted octanol–water partition coefficient (Wildman–Crippen LogP) is 3.04. The molecule has 1 atom stereocenters. The Kier molecular flexibility index (Phi) is 5.78. The van der Waals surface area contributed by atoms with Gasteiger partial charge in [0.15, 0.2) is 5.13 Å². The Balaban J connectivity index is 1.48. The SMILES string of the molecule is Cc1cc(Nc2nc(C)c(C)s2)cc([C@H]2CN(C(=O)Cc3nonc3C)CCO2)n1. The van der Waals surface area contributed by atoms with Gasteiger partial charge in [0.25, 0.3) is 0 Å². The zero-order chi connectivity index (χ0) is 21.3. The maximum Gasteiger partial charge on any atom is 0.228 e. The van der Waals surface area contributed by atoms with Crippen LogP contribution in [0.5, 0.6) is 0 Å². The Morgan fingerprint density at radius 3 is 2.73 bits per heavy atom. The van der Waals surface area contributed by atoms with Gasteiger partial charge in [-0.05, 0) is 39.8 Å². The van der Waals surface area contributed by atoms with Gasteiger partial charge in [-0.15, -0.1) is 11.3 Å². The van der Waals surface area contributed by atoms with Crippen LogP contribution in [-0.2, 0) is 16.0 Å². The average Bonchev–Trinajstić information content (AvgIpc) is 3.25. The lowest BCUT2D eigenvalue weighted by Crippen LogP contribution is -2.43. The molecule has 158 valence electrons. The van der Waals surface area contributed by atoms with Crippen LogP contribution >= 0.6 is 11.3 Å². The summed E-state index contributed by atoms with van der Waals surface area (Å²) in [6, 6.07) is 3.94. The lowest BCUT2D eigenvalue weighted by Gasteiger charge is -2.33. The number of pyridine rings is 1. The first-order valence-corrected chi connectivity index (χ1v) is 10.6. The van der Waals surface area contributed by atoms with Gasteiger partial charge >= 0.3 is 0 Å². The highest BCUT2D eigenvalue weighted by molar-refractivity contribution is 7.15. The number of thiazole rings is 1. The van der Waals surface area contributed by atoms with Crippen LogP contribution in [0.25, 0.3) is 0 Å². The molecule has 0 saturated carbocycles. The van der Waals surface area contributed by atoms with Crippen LogP contribution in [0.2, 0.25) is 0 Å². The number of hydrogen-bond acceptors (Lipinski definition) is 9. The number of nitrogens with one attached hydrogen (secondary N) is 1. The first-order chi connectivity index (χ1) is 14.4. The highest BCUT2D eigenvalue weighted by atomic mass is 32.1. The summed E-state index contributed by atoms with van der Waals surface area (Å²) in [4.78, 5) is 24.9. The van der Waals surface area contributed by atoms with Gasteiger partial charge in [0.05, 0.1) is 31.0 Å². The summed E-state index contributed by atoms with van der Waals surface area (Å²) >= 11 is 1.62. The van der Waals surface area contributed by atoms with Gasteiger partial charge in [0.1, 0.15) is 17.5 Å². The van der Waals surface area contributed by atoms with E-state index in [2.05, 4.69) is 32.5 Å². The molecule has 1 aliphatic rings. The molecule has 0 aromatic carbocycles. The monoisotopic (exact) mass is 428 g/mol. The number of carbonyl (C=O) groups is 1. The van der Waals surface area contributed by atoms with Gasteiger partial charge in [-0.3, -0.25) is 9.78 Å². The molecule has 0 aliphatic carbocycles. The van der Waals surface area contributed by atoms with Crippen LogP contribution in [0.4, 0.5) is 10.8 Å². The number of anilines is 2. The fourth-order valence-corrected chi connectivity index (χ4v) is 4.14. The predicted molar refractivity (Wildman–Crippen MR) is 112 cm³/mol. The Hall–Kier alpha value is -2.85. The van der Waals surface area contributed by atoms with Gasteiger partial charge < -0.3 is 15.0 Å². The Bertz CT molecular complexity index is 1040. The summed E-state index contributed by atoms with van der Waals surface area (Å²) in [6.45, 7) is 9.20. The van der Waals surface area contributed by atoms with E-state index in [1.807, 2.05) is 26.0 Å². The Labute approximate surface area is 178 Å². The number of carbonyl (C=O) groups excluding carboxylic acids is 1. The largest absolute Gasteiger partial charge is 0.368 e. The zero-order valence-electron chi connectivity index (χ0n) is 17.4. The third-order valence-corrected chi connectivity index (χ3v) is 6.06. The van der Waals surface area contributed by atoms with Gasteiger partial charge in [-0.2, -0.15) is 0 Å². The van der Waals surface area contributed by atoms with Gasteiger partial charge in [-0.1, -0.05) is 10.3 Å². The highest BCUT2D eigenvalue weighted by Gasteiger charge is 2.27. The standard InChI is InChI=1S/C20H24N6O3S/c1-11-7-15(23-20-22-12(2)14(4)30-20)8-17(21-11)18-10-26(5-6-28-18)19(27)9-16-13(3)24-29-25-16/h7-8,18H,5-6,9-10H2,1-4H3,(H,21,22,23)/t18-/m1/s1. The quantitative estimate of drug-likeness (QED) is 0.661. The van der Waals surface area contributed by atoms with Gasteiger partial charge in [0, 0.05) is 22.8 Å². The van der Waals surface area contributed by atoms with Crippen molar-refractivity contribution in [1.82, 2.24) is 25.2 Å². The van der Waals surface area contributed by atoms with Crippen molar-refractivity contribution in [3.63, 3.8) is 0 Å². The smallest absolute Gasteiger partial charge is 0.228 e. The van der Waals surface area contributed by atoms with Crippen LogP contribution < -0.4 is 5.32 Å². The second-order valence-electron chi connectivity index (χ2n) is 7.38. The molecule has 10 heteroatoms. The summed E-state index contributed by atoms with van der Waals surface area (Å²) in [7, 11) is 0. The fourth-order valence-electron chi connectivity index (χ4n) is 3.30. The van der Waals surface area contributed by atoms with E-state index in [9.17, 15) is 4.79 Å². The minimum absolute atomic E-state index is 0.0261. The number of ether oxygens (including phenoxy) is 1. The van der Waals surface area contributed by atoms with Crippen molar-refractivity contribution in [1.29, 1.82) is 0 Å². The lowest BCUT2D eigenvalue weighted by molar-refractivity contribution is -0.138. The molecule has 3 aromatic rings. The number of morpholine rings is 1. The van der Waals surface area contributed by atoms with Crippen molar-refractivity contribution in [3.8, 4) is 0 Å². The molecule has 0 unspecified atom stereocenters. The number of aryl methyl sites for hydroxylation is 4. The highest BCUT2D eigenvalue weighted by Crippen LogP contribution is 2.28. The molecule has 3 aromatic heterocycles. The van der Waals surface area contributed by atoms with Crippen LogP contribution in [-0.4, -0.2) is 50.8 Å². The van der Waals surface area contributed by atoms with E-state index in [-0.39, 0.29) is 18.4 Å². The number of nitrogens with zero attached hydrogens (tertiary/aromatic N) is 5. The molecular formula is C20H24N6O3S. The third-order valence-electron chi connectivity index (χ3n) is 5.07. The molecule has 1 N–H and O–H groups in total. The Morgan fingerprint density at radius 1 is 1.20 bits per heavy atom. The van der Waals surface area contributed by atoms with E-state index in [4.69, 9.17) is 9.37 Å². The molecule has 30 heavy (non-hydrogen) atoms. The number of amides is 1. The molecule has 1 saturated heterocycles. The molecule has 1 aliphatic heterocycles. The topological polar surface area (TPSA) is 106 Å². The van der Waals surface area contributed by atoms with Crippen molar-refractivity contribution < 1.29 is 14.2 Å². The van der Waals surface area contributed by atoms with Crippen LogP contribution in [0.1, 0.15) is 39.5 Å². The van der Waals surface area contributed by atoms with E-state index < -0.39 is 0 Å². The summed E-state index contributed by atoms with van der Waals surface area (Å²) < 4.78 is 10.6. The maximum absolute atomic E-state index is 12.7. The van der Waals surface area contributed by atoms with E-state index in [1.54, 1.807) is 23.2 Å². The summed E-state index contributed by atoms with van der Waals surface area (Å²) in [5.74, 6) is -0.0261. The number of hydrogen-bond donors (Lipinski definition) is 1.